The van der Waals surface area contributed by atoms with Gasteiger partial charge in [-0.15, -0.1) is 6.42 Å². The van der Waals surface area contributed by atoms with Crippen LogP contribution in [0.2, 0.25) is 0 Å². The number of terminal acetylenes is 1. The standard InChI is InChI=1S/C21H25NO3/c1-3-13-25-17-20(23)16-22(14-18-7-5-4-6-8-18)15-19-9-11-21(24-2)12-10-19/h1,4-12,20,23H,13-17H2,2H3. The Morgan fingerprint density at radius 2 is 1.68 bits per heavy atom. The lowest BCUT2D eigenvalue weighted by Crippen LogP contribution is -2.34. The van der Waals surface area contributed by atoms with Gasteiger partial charge >= 0.3 is 0 Å². The van der Waals surface area contributed by atoms with E-state index in [1.165, 1.54) is 5.56 Å². The van der Waals surface area contributed by atoms with Gasteiger partial charge in [-0.05, 0) is 23.3 Å². The van der Waals surface area contributed by atoms with Crippen LogP contribution in [0.3, 0.4) is 0 Å². The van der Waals surface area contributed by atoms with Crippen LogP contribution in [0.4, 0.5) is 0 Å². The topological polar surface area (TPSA) is 41.9 Å². The van der Waals surface area contributed by atoms with Gasteiger partial charge in [0.2, 0.25) is 0 Å². The molecule has 0 aliphatic heterocycles. The van der Waals surface area contributed by atoms with E-state index in [2.05, 4.69) is 23.0 Å². The molecule has 0 saturated carbocycles. The van der Waals surface area contributed by atoms with Crippen LogP contribution in [0.25, 0.3) is 0 Å². The van der Waals surface area contributed by atoms with Gasteiger partial charge in [-0.2, -0.15) is 0 Å². The molecule has 0 fully saturated rings. The Hall–Kier alpha value is -2.32. The number of nitrogens with zero attached hydrogens (tertiary/aromatic N) is 1. The zero-order valence-corrected chi connectivity index (χ0v) is 14.6. The second-order valence-electron chi connectivity index (χ2n) is 5.88. The summed E-state index contributed by atoms with van der Waals surface area (Å²) in [6, 6.07) is 18.2. The molecule has 0 heterocycles. The Bertz CT molecular complexity index is 649. The summed E-state index contributed by atoms with van der Waals surface area (Å²) >= 11 is 0. The predicted octanol–water partition coefficient (Wildman–Crippen LogP) is 2.71. The number of hydrogen-bond acceptors (Lipinski definition) is 4. The van der Waals surface area contributed by atoms with Gasteiger partial charge in [0.15, 0.2) is 0 Å². The van der Waals surface area contributed by atoms with Gasteiger partial charge in [0.25, 0.3) is 0 Å². The molecule has 2 aromatic rings. The zero-order chi connectivity index (χ0) is 17.9. The third kappa shape index (κ3) is 6.98. The minimum absolute atomic E-state index is 0.216. The van der Waals surface area contributed by atoms with Gasteiger partial charge in [0.1, 0.15) is 12.4 Å². The molecule has 0 bridgehead atoms. The number of methoxy groups -OCH3 is 1. The molecule has 0 radical (unpaired) electrons. The van der Waals surface area contributed by atoms with Gasteiger partial charge in [0, 0.05) is 19.6 Å². The average Bonchev–Trinajstić information content (AvgIpc) is 2.63. The molecule has 0 aliphatic rings. The van der Waals surface area contributed by atoms with Crippen LogP contribution in [0.15, 0.2) is 54.6 Å². The van der Waals surface area contributed by atoms with Crippen LogP contribution in [0, 0.1) is 12.3 Å². The molecule has 0 saturated heterocycles. The third-order valence-corrected chi connectivity index (χ3v) is 3.78. The number of benzene rings is 2. The largest absolute Gasteiger partial charge is 0.497 e. The van der Waals surface area contributed by atoms with E-state index in [1.807, 2.05) is 42.5 Å². The fraction of sp³-hybridized carbons (Fsp3) is 0.333. The smallest absolute Gasteiger partial charge is 0.118 e. The summed E-state index contributed by atoms with van der Waals surface area (Å²) in [6.07, 6.45) is 4.58. The van der Waals surface area contributed by atoms with Crippen LogP contribution in [-0.4, -0.2) is 43.0 Å². The van der Waals surface area contributed by atoms with E-state index in [4.69, 9.17) is 15.9 Å². The molecule has 0 spiro atoms. The summed E-state index contributed by atoms with van der Waals surface area (Å²) in [6.45, 7) is 2.43. The van der Waals surface area contributed by atoms with E-state index in [1.54, 1.807) is 7.11 Å². The Morgan fingerprint density at radius 3 is 2.28 bits per heavy atom. The molecule has 2 rings (SSSR count). The highest BCUT2D eigenvalue weighted by atomic mass is 16.5. The van der Waals surface area contributed by atoms with Crippen LogP contribution >= 0.6 is 0 Å². The van der Waals surface area contributed by atoms with Crippen molar-refractivity contribution in [2.75, 3.05) is 26.9 Å². The van der Waals surface area contributed by atoms with E-state index in [0.29, 0.717) is 6.54 Å². The predicted molar refractivity (Wildman–Crippen MR) is 99.2 cm³/mol. The lowest BCUT2D eigenvalue weighted by Gasteiger charge is -2.25. The average molecular weight is 339 g/mol. The monoisotopic (exact) mass is 339 g/mol. The Balaban J connectivity index is 2.01. The molecular formula is C21H25NO3. The first-order chi connectivity index (χ1) is 12.2. The van der Waals surface area contributed by atoms with Gasteiger partial charge in [-0.25, -0.2) is 0 Å². The summed E-state index contributed by atoms with van der Waals surface area (Å²) in [7, 11) is 1.66. The molecular weight excluding hydrogens is 314 g/mol. The van der Waals surface area contributed by atoms with Crippen molar-refractivity contribution >= 4 is 0 Å². The Morgan fingerprint density at radius 1 is 1.04 bits per heavy atom. The summed E-state index contributed by atoms with van der Waals surface area (Å²) in [5.41, 5.74) is 2.36. The molecule has 25 heavy (non-hydrogen) atoms. The summed E-state index contributed by atoms with van der Waals surface area (Å²) in [4.78, 5) is 2.20. The number of aliphatic hydroxyl groups excluding tert-OH is 1. The van der Waals surface area contributed by atoms with E-state index in [-0.39, 0.29) is 13.2 Å². The highest BCUT2D eigenvalue weighted by Gasteiger charge is 2.13. The first-order valence-electron chi connectivity index (χ1n) is 8.29. The van der Waals surface area contributed by atoms with Gasteiger partial charge < -0.3 is 14.6 Å². The van der Waals surface area contributed by atoms with E-state index in [0.717, 1.165) is 24.4 Å². The first kappa shape index (κ1) is 19.0. The molecule has 0 aliphatic carbocycles. The molecule has 1 N–H and O–H groups in total. The fourth-order valence-electron chi connectivity index (χ4n) is 2.62. The van der Waals surface area contributed by atoms with Gasteiger partial charge in [-0.1, -0.05) is 48.4 Å². The Labute approximate surface area is 150 Å². The van der Waals surface area contributed by atoms with Crippen molar-refractivity contribution in [2.45, 2.75) is 19.2 Å². The molecule has 1 atom stereocenters. The second-order valence-corrected chi connectivity index (χ2v) is 5.88. The highest BCUT2D eigenvalue weighted by molar-refractivity contribution is 5.27. The van der Waals surface area contributed by atoms with Crippen molar-refractivity contribution in [1.82, 2.24) is 4.90 Å². The van der Waals surface area contributed by atoms with E-state index < -0.39 is 6.10 Å². The van der Waals surface area contributed by atoms with Crippen molar-refractivity contribution in [2.24, 2.45) is 0 Å². The van der Waals surface area contributed by atoms with Crippen molar-refractivity contribution in [3.63, 3.8) is 0 Å². The Kier molecular flexibility index (Phi) is 8.00. The van der Waals surface area contributed by atoms with Crippen LogP contribution in [0.5, 0.6) is 5.75 Å². The third-order valence-electron chi connectivity index (χ3n) is 3.78. The molecule has 0 aromatic heterocycles. The lowest BCUT2D eigenvalue weighted by molar-refractivity contribution is 0.0243. The highest BCUT2D eigenvalue weighted by Crippen LogP contribution is 2.15. The van der Waals surface area contributed by atoms with E-state index in [9.17, 15) is 5.11 Å². The van der Waals surface area contributed by atoms with Crippen molar-refractivity contribution < 1.29 is 14.6 Å². The number of ether oxygens (including phenoxy) is 2. The molecule has 4 nitrogen and oxygen atoms in total. The minimum atomic E-state index is -0.588. The van der Waals surface area contributed by atoms with Crippen LogP contribution < -0.4 is 4.74 Å². The number of rotatable bonds is 10. The number of aliphatic hydroxyl groups is 1. The maximum atomic E-state index is 10.2. The molecule has 0 amide bonds. The molecule has 1 unspecified atom stereocenters. The van der Waals surface area contributed by atoms with Gasteiger partial charge in [-0.3, -0.25) is 4.90 Å². The normalized spacial score (nSPS) is 11.9. The minimum Gasteiger partial charge on any atom is -0.497 e. The maximum Gasteiger partial charge on any atom is 0.118 e. The van der Waals surface area contributed by atoms with Crippen LogP contribution in [-0.2, 0) is 17.8 Å². The van der Waals surface area contributed by atoms with Crippen molar-refractivity contribution in [3.8, 4) is 18.1 Å². The fourth-order valence-corrected chi connectivity index (χ4v) is 2.62. The van der Waals surface area contributed by atoms with Crippen molar-refractivity contribution in [1.29, 1.82) is 0 Å². The maximum absolute atomic E-state index is 10.2. The SMILES string of the molecule is C#CCOCC(O)CN(Cc1ccccc1)Cc1ccc(OC)cc1. The summed E-state index contributed by atoms with van der Waals surface area (Å²) in [5.74, 6) is 3.24. The molecule has 132 valence electrons. The number of hydrogen-bond donors (Lipinski definition) is 1. The molecule has 4 heteroatoms. The quantitative estimate of drug-likeness (QED) is 0.534. The van der Waals surface area contributed by atoms with Crippen molar-refractivity contribution in [3.05, 3.63) is 65.7 Å². The summed E-state index contributed by atoms with van der Waals surface area (Å²) in [5, 5.41) is 10.2. The molecule has 2 aromatic carbocycles. The zero-order valence-electron chi connectivity index (χ0n) is 14.6. The van der Waals surface area contributed by atoms with E-state index >= 15 is 0 Å². The summed E-state index contributed by atoms with van der Waals surface area (Å²) < 4.78 is 10.4. The van der Waals surface area contributed by atoms with Crippen LogP contribution in [0.1, 0.15) is 11.1 Å². The first-order valence-corrected chi connectivity index (χ1v) is 8.29. The second kappa shape index (κ2) is 10.5. The lowest BCUT2D eigenvalue weighted by atomic mass is 10.1. The van der Waals surface area contributed by atoms with Gasteiger partial charge in [0.05, 0.1) is 19.8 Å².